The Labute approximate surface area is 118 Å². The van der Waals surface area contributed by atoms with E-state index in [1.807, 2.05) is 0 Å². The van der Waals surface area contributed by atoms with Crippen LogP contribution in [0.4, 0.5) is 0 Å². The van der Waals surface area contributed by atoms with Gasteiger partial charge in [0.05, 0.1) is 0 Å². The van der Waals surface area contributed by atoms with Crippen LogP contribution in [0.3, 0.4) is 0 Å². The van der Waals surface area contributed by atoms with E-state index >= 15 is 0 Å². The Morgan fingerprint density at radius 2 is 1.89 bits per heavy atom. The van der Waals surface area contributed by atoms with Gasteiger partial charge in [0, 0.05) is 5.54 Å². The third kappa shape index (κ3) is 3.39. The summed E-state index contributed by atoms with van der Waals surface area (Å²) < 4.78 is 0. The lowest BCUT2D eigenvalue weighted by Gasteiger charge is -2.41. The maximum atomic E-state index is 6.74. The zero-order valence-corrected chi connectivity index (χ0v) is 12.8. The van der Waals surface area contributed by atoms with Gasteiger partial charge in [-0.25, -0.2) is 0 Å². The van der Waals surface area contributed by atoms with Crippen LogP contribution >= 0.6 is 0 Å². The molecule has 0 aromatic heterocycles. The van der Waals surface area contributed by atoms with E-state index in [2.05, 4.69) is 45.0 Å². The molecule has 1 saturated carbocycles. The molecular weight excluding hydrogens is 230 g/mol. The largest absolute Gasteiger partial charge is 0.325 e. The van der Waals surface area contributed by atoms with Crippen molar-refractivity contribution in [3.63, 3.8) is 0 Å². The number of rotatable bonds is 4. The van der Waals surface area contributed by atoms with E-state index < -0.39 is 0 Å². The molecule has 2 N–H and O–H groups in total. The Hall–Kier alpha value is -0.820. The van der Waals surface area contributed by atoms with Crippen LogP contribution in [0.15, 0.2) is 24.3 Å². The molecule has 1 aliphatic carbocycles. The van der Waals surface area contributed by atoms with E-state index in [1.165, 1.54) is 43.2 Å². The zero-order chi connectivity index (χ0) is 13.9. The minimum Gasteiger partial charge on any atom is -0.325 e. The van der Waals surface area contributed by atoms with E-state index in [0.29, 0.717) is 11.8 Å². The van der Waals surface area contributed by atoms with Gasteiger partial charge in [0.25, 0.3) is 0 Å². The summed E-state index contributed by atoms with van der Waals surface area (Å²) in [6, 6.07) is 9.11. The molecule has 0 spiro atoms. The number of hydrogen-bond donors (Lipinski definition) is 1. The van der Waals surface area contributed by atoms with Crippen LogP contribution in [0, 0.1) is 5.92 Å². The fourth-order valence-corrected chi connectivity index (χ4v) is 3.58. The molecule has 1 aromatic carbocycles. The predicted molar refractivity (Wildman–Crippen MR) is 83.4 cm³/mol. The van der Waals surface area contributed by atoms with Crippen molar-refractivity contribution in [2.45, 2.75) is 70.8 Å². The molecular formula is C18H29N. The molecule has 2 rings (SSSR count). The molecule has 1 heteroatoms. The van der Waals surface area contributed by atoms with Gasteiger partial charge in [0.1, 0.15) is 0 Å². The molecule has 2 unspecified atom stereocenters. The molecule has 1 aromatic rings. The highest BCUT2D eigenvalue weighted by Crippen LogP contribution is 2.36. The first-order valence-corrected chi connectivity index (χ1v) is 7.93. The van der Waals surface area contributed by atoms with Gasteiger partial charge in [-0.1, -0.05) is 64.3 Å². The van der Waals surface area contributed by atoms with Gasteiger partial charge in [-0.05, 0) is 42.2 Å². The molecule has 0 saturated heterocycles. The number of benzene rings is 1. The van der Waals surface area contributed by atoms with E-state index in [1.54, 1.807) is 0 Å². The smallest absolute Gasteiger partial charge is 0.0223 e. The Morgan fingerprint density at radius 3 is 2.47 bits per heavy atom. The number of nitrogens with two attached hydrogens (primary N) is 1. The van der Waals surface area contributed by atoms with Crippen molar-refractivity contribution in [3.8, 4) is 0 Å². The van der Waals surface area contributed by atoms with Gasteiger partial charge >= 0.3 is 0 Å². The molecule has 0 bridgehead atoms. The monoisotopic (exact) mass is 259 g/mol. The molecule has 0 radical (unpaired) electrons. The van der Waals surface area contributed by atoms with Crippen LogP contribution in [0.2, 0.25) is 0 Å². The molecule has 19 heavy (non-hydrogen) atoms. The summed E-state index contributed by atoms with van der Waals surface area (Å²) in [4.78, 5) is 0. The van der Waals surface area contributed by atoms with Gasteiger partial charge in [-0.15, -0.1) is 0 Å². The summed E-state index contributed by atoms with van der Waals surface area (Å²) in [6.07, 6.45) is 7.44. The van der Waals surface area contributed by atoms with E-state index in [0.717, 1.165) is 6.42 Å². The van der Waals surface area contributed by atoms with Crippen LogP contribution in [-0.2, 0) is 6.42 Å². The Bertz CT molecular complexity index is 393. The topological polar surface area (TPSA) is 26.0 Å². The second-order valence-electron chi connectivity index (χ2n) is 6.66. The molecule has 2 atom stereocenters. The Balaban J connectivity index is 2.10. The van der Waals surface area contributed by atoms with Crippen LogP contribution < -0.4 is 5.73 Å². The second kappa shape index (κ2) is 6.09. The standard InChI is InChI=1S/C18H29N/c1-4-17-7-5-6-12-18(17,19)13-15-8-10-16(11-9-15)14(2)3/h8-11,14,17H,4-7,12-13,19H2,1-3H3. The molecule has 1 nitrogen and oxygen atoms in total. The molecule has 0 aliphatic heterocycles. The average molecular weight is 259 g/mol. The highest BCUT2D eigenvalue weighted by molar-refractivity contribution is 5.26. The molecule has 1 aliphatic rings. The maximum absolute atomic E-state index is 6.74. The summed E-state index contributed by atoms with van der Waals surface area (Å²) in [5.74, 6) is 1.31. The molecule has 0 amide bonds. The van der Waals surface area contributed by atoms with Crippen molar-refractivity contribution in [2.75, 3.05) is 0 Å². The lowest BCUT2D eigenvalue weighted by molar-refractivity contribution is 0.182. The fourth-order valence-electron chi connectivity index (χ4n) is 3.58. The lowest BCUT2D eigenvalue weighted by atomic mass is 9.69. The van der Waals surface area contributed by atoms with Crippen molar-refractivity contribution in [1.82, 2.24) is 0 Å². The molecule has 106 valence electrons. The zero-order valence-electron chi connectivity index (χ0n) is 12.8. The predicted octanol–water partition coefficient (Wildman–Crippen LogP) is 4.65. The third-order valence-electron chi connectivity index (χ3n) is 4.93. The van der Waals surface area contributed by atoms with Crippen molar-refractivity contribution in [1.29, 1.82) is 0 Å². The summed E-state index contributed by atoms with van der Waals surface area (Å²) >= 11 is 0. The van der Waals surface area contributed by atoms with Crippen molar-refractivity contribution >= 4 is 0 Å². The summed E-state index contributed by atoms with van der Waals surface area (Å²) in [5, 5.41) is 0. The van der Waals surface area contributed by atoms with Gasteiger partial charge in [-0.3, -0.25) is 0 Å². The fraction of sp³-hybridized carbons (Fsp3) is 0.667. The Morgan fingerprint density at radius 1 is 1.21 bits per heavy atom. The first kappa shape index (κ1) is 14.6. The summed E-state index contributed by atoms with van der Waals surface area (Å²) in [7, 11) is 0. The van der Waals surface area contributed by atoms with Gasteiger partial charge < -0.3 is 5.73 Å². The Kier molecular flexibility index (Phi) is 4.67. The van der Waals surface area contributed by atoms with Gasteiger partial charge in [-0.2, -0.15) is 0 Å². The lowest BCUT2D eigenvalue weighted by Crippen LogP contribution is -2.50. The maximum Gasteiger partial charge on any atom is 0.0223 e. The van der Waals surface area contributed by atoms with E-state index in [-0.39, 0.29) is 5.54 Å². The quantitative estimate of drug-likeness (QED) is 0.837. The third-order valence-corrected chi connectivity index (χ3v) is 4.93. The van der Waals surface area contributed by atoms with Crippen molar-refractivity contribution < 1.29 is 0 Å². The van der Waals surface area contributed by atoms with Crippen LogP contribution in [0.25, 0.3) is 0 Å². The van der Waals surface area contributed by atoms with Crippen LogP contribution in [-0.4, -0.2) is 5.54 Å². The first-order chi connectivity index (χ1) is 9.05. The number of hydrogen-bond acceptors (Lipinski definition) is 1. The second-order valence-corrected chi connectivity index (χ2v) is 6.66. The average Bonchev–Trinajstić information content (AvgIpc) is 2.39. The van der Waals surface area contributed by atoms with E-state index in [4.69, 9.17) is 5.73 Å². The van der Waals surface area contributed by atoms with Crippen LogP contribution in [0.1, 0.15) is 69.9 Å². The minimum absolute atomic E-state index is 0.0341. The minimum atomic E-state index is 0.0341. The molecule has 0 heterocycles. The highest BCUT2D eigenvalue weighted by Gasteiger charge is 2.35. The van der Waals surface area contributed by atoms with E-state index in [9.17, 15) is 0 Å². The van der Waals surface area contributed by atoms with Gasteiger partial charge in [0.2, 0.25) is 0 Å². The SMILES string of the molecule is CCC1CCCCC1(N)Cc1ccc(C(C)C)cc1. The summed E-state index contributed by atoms with van der Waals surface area (Å²) in [5.41, 5.74) is 9.61. The first-order valence-electron chi connectivity index (χ1n) is 7.93. The highest BCUT2D eigenvalue weighted by atomic mass is 14.8. The van der Waals surface area contributed by atoms with Crippen LogP contribution in [0.5, 0.6) is 0 Å². The van der Waals surface area contributed by atoms with Crippen molar-refractivity contribution in [3.05, 3.63) is 35.4 Å². The van der Waals surface area contributed by atoms with Crippen molar-refractivity contribution in [2.24, 2.45) is 11.7 Å². The normalized spacial score (nSPS) is 27.7. The summed E-state index contributed by atoms with van der Waals surface area (Å²) in [6.45, 7) is 6.78. The van der Waals surface area contributed by atoms with Gasteiger partial charge in [0.15, 0.2) is 0 Å². The molecule has 1 fully saturated rings.